The zero-order valence-corrected chi connectivity index (χ0v) is 40.4. The van der Waals surface area contributed by atoms with Crippen LogP contribution in [-0.4, -0.2) is 90.9 Å². The van der Waals surface area contributed by atoms with Gasteiger partial charge in [0.25, 0.3) is 0 Å². The van der Waals surface area contributed by atoms with Gasteiger partial charge in [0.15, 0.2) is 11.7 Å². The summed E-state index contributed by atoms with van der Waals surface area (Å²) in [6, 6.07) is 1.94. The van der Waals surface area contributed by atoms with Crippen LogP contribution >= 0.6 is 0 Å². The van der Waals surface area contributed by atoms with E-state index in [2.05, 4.69) is 63.4 Å². The van der Waals surface area contributed by atoms with Gasteiger partial charge in [-0.15, -0.1) is 5.92 Å². The molecule has 17 atom stereocenters. The van der Waals surface area contributed by atoms with E-state index in [9.17, 15) is 30.3 Å². The Morgan fingerprint density at radius 2 is 1.77 bits per heavy atom. The van der Waals surface area contributed by atoms with Gasteiger partial charge >= 0.3 is 5.97 Å². The van der Waals surface area contributed by atoms with Gasteiger partial charge in [-0.05, 0) is 135 Å². The van der Waals surface area contributed by atoms with Crippen LogP contribution in [0.3, 0.4) is 0 Å². The van der Waals surface area contributed by atoms with Gasteiger partial charge in [-0.3, -0.25) is 14.6 Å². The predicted molar refractivity (Wildman–Crippen MR) is 252 cm³/mol. The summed E-state index contributed by atoms with van der Waals surface area (Å²) in [6.07, 6.45) is 10.9. The molecule has 10 N–H and O–H groups in total. The standard InChI is InChI=1S/C53H82N4O8/c1-8-9-10-18-52-28-42(59)41(58)27-49(52,6)39-16-19-51(20-22-57-48(54)55)46-36(26-53(51,64)40(39)25-44(52)61)13-11-12-35(38-30-65-47(62)45(38)37-17-21-56-29-37)24-34(15-14-31(2)3)33(5)32(4)23-43(60)50(46,7)63/h17,21,25,29,31-36,38-39,41-43,45-46,56,58-60,63-64H,8-10,13-16,18-20,22-24,26-28,30H2,1-7H3,(H4,54,55,57). The Balaban J connectivity index is 1.37. The summed E-state index contributed by atoms with van der Waals surface area (Å²) in [6.45, 7) is 15.3. The van der Waals surface area contributed by atoms with Crippen LogP contribution in [0.1, 0.15) is 156 Å². The number of ether oxygens (including phenoxy) is 1. The first-order chi connectivity index (χ1) is 30.7. The number of carbonyl (C=O) groups is 2. The van der Waals surface area contributed by atoms with Gasteiger partial charge in [-0.25, -0.2) is 0 Å². The number of hydrogen-bond acceptors (Lipinski definition) is 9. The van der Waals surface area contributed by atoms with Crippen molar-refractivity contribution in [3.63, 3.8) is 0 Å². The number of nitrogens with zero attached hydrogens (tertiary/aromatic N) is 1. The number of aliphatic imine (C=N–C) groups is 1. The maximum Gasteiger partial charge on any atom is 0.313 e. The molecule has 17 unspecified atom stereocenters. The van der Waals surface area contributed by atoms with E-state index in [-0.39, 0.29) is 85.6 Å². The highest BCUT2D eigenvalue weighted by molar-refractivity contribution is 5.98. The highest BCUT2D eigenvalue weighted by Gasteiger charge is 2.74. The van der Waals surface area contributed by atoms with E-state index in [4.69, 9.17) is 16.2 Å². The Hall–Kier alpha value is -3.21. The molecule has 2 heterocycles. The number of carbonyl (C=O) groups excluding carboxylic acids is 2. The molecule has 0 aromatic carbocycles. The lowest BCUT2D eigenvalue weighted by Gasteiger charge is -2.65. The van der Waals surface area contributed by atoms with Crippen molar-refractivity contribution >= 4 is 17.7 Å². The number of unbranched alkanes of at least 4 members (excludes halogenated alkanes) is 2. The molecular formula is C53H82N4O8. The Morgan fingerprint density at radius 3 is 2.45 bits per heavy atom. The molecule has 1 saturated heterocycles. The van der Waals surface area contributed by atoms with Crippen molar-refractivity contribution in [2.24, 2.45) is 86.0 Å². The van der Waals surface area contributed by atoms with E-state index in [0.29, 0.717) is 50.0 Å². The zero-order chi connectivity index (χ0) is 47.3. The molecule has 0 amide bonds. The van der Waals surface area contributed by atoms with Crippen molar-refractivity contribution in [1.82, 2.24) is 4.98 Å². The van der Waals surface area contributed by atoms with Crippen LogP contribution in [0.25, 0.3) is 0 Å². The van der Waals surface area contributed by atoms with Crippen molar-refractivity contribution in [2.75, 3.05) is 13.2 Å². The molecular weight excluding hydrogens is 821 g/mol. The molecule has 12 nitrogen and oxygen atoms in total. The molecule has 1 aliphatic heterocycles. The highest BCUT2D eigenvalue weighted by Crippen LogP contribution is 2.74. The first-order valence-corrected chi connectivity index (χ1v) is 25.3. The lowest BCUT2D eigenvalue weighted by atomic mass is 9.39. The number of hydrogen-bond donors (Lipinski definition) is 8. The second kappa shape index (κ2) is 19.1. The van der Waals surface area contributed by atoms with Crippen molar-refractivity contribution < 1.29 is 39.9 Å². The maximum absolute atomic E-state index is 15.1. The largest absolute Gasteiger partial charge is 0.465 e. The van der Waals surface area contributed by atoms with Gasteiger partial charge in [0, 0.05) is 53.9 Å². The van der Waals surface area contributed by atoms with Crippen LogP contribution in [0.5, 0.6) is 0 Å². The first-order valence-electron chi connectivity index (χ1n) is 25.3. The normalized spacial score (nSPS) is 44.2. The predicted octanol–water partition coefficient (Wildman–Crippen LogP) is 6.54. The van der Waals surface area contributed by atoms with Crippen LogP contribution in [-0.2, 0) is 14.3 Å². The third kappa shape index (κ3) is 8.66. The fourth-order valence-electron chi connectivity index (χ4n) is 15.2. The molecule has 7 rings (SSSR count). The number of ketones is 1. The van der Waals surface area contributed by atoms with E-state index in [1.165, 1.54) is 0 Å². The van der Waals surface area contributed by atoms with E-state index in [1.807, 2.05) is 18.5 Å². The molecule has 0 bridgehead atoms. The number of fused-ring (bicyclic) bond motifs is 7. The number of esters is 1. The maximum atomic E-state index is 15.1. The zero-order valence-electron chi connectivity index (χ0n) is 40.4. The summed E-state index contributed by atoms with van der Waals surface area (Å²) in [4.78, 5) is 36.1. The Morgan fingerprint density at radius 1 is 1.03 bits per heavy atom. The summed E-state index contributed by atoms with van der Waals surface area (Å²) in [5.74, 6) is 5.62. The summed E-state index contributed by atoms with van der Waals surface area (Å²) >= 11 is 0. The Labute approximate surface area is 388 Å². The lowest BCUT2D eigenvalue weighted by molar-refractivity contribution is -0.199. The van der Waals surface area contributed by atoms with Crippen LogP contribution in [0, 0.1) is 81.3 Å². The molecule has 362 valence electrons. The molecule has 1 aromatic rings. The topological polar surface area (TPSA) is 225 Å². The van der Waals surface area contributed by atoms with Crippen LogP contribution in [0.15, 0.2) is 35.1 Å². The molecule has 0 spiro atoms. The van der Waals surface area contributed by atoms with Crippen molar-refractivity contribution in [2.45, 2.75) is 180 Å². The van der Waals surface area contributed by atoms with Crippen LogP contribution in [0.4, 0.5) is 0 Å². The van der Waals surface area contributed by atoms with E-state index < -0.39 is 63.5 Å². The molecule has 1 aromatic heterocycles. The van der Waals surface area contributed by atoms with E-state index in [0.717, 1.165) is 44.1 Å². The van der Waals surface area contributed by atoms with E-state index >= 15 is 4.79 Å². The number of aliphatic hydroxyl groups is 5. The number of cyclic esters (lactones) is 1. The average molecular weight is 903 g/mol. The summed E-state index contributed by atoms with van der Waals surface area (Å²) in [5, 5.41) is 62.4. The van der Waals surface area contributed by atoms with E-state index in [1.54, 1.807) is 13.0 Å². The number of allylic oxidation sites excluding steroid dienone is 1. The fourth-order valence-corrected chi connectivity index (χ4v) is 15.2. The Bertz CT molecular complexity index is 1980. The average Bonchev–Trinajstić information content (AvgIpc) is 3.96. The molecule has 4 fully saturated rings. The molecule has 3 saturated carbocycles. The van der Waals surface area contributed by atoms with Crippen molar-refractivity contribution in [1.29, 1.82) is 0 Å². The SMILES string of the molecule is CCCCCC12CC(O)C(O)CC1(C)C1CCC3(CCN=C(N)N)C4C(CC#CC(C5COC(=O)C5c5cc[nH]c5)CC(CCC(C)C)C(C)C(C)CC(O)C4(C)O)CC3(O)C1=CC2=O. The smallest absolute Gasteiger partial charge is 0.313 e. The fraction of sp³-hybridized carbons (Fsp3) is 0.792. The summed E-state index contributed by atoms with van der Waals surface area (Å²) in [7, 11) is 0. The number of nitrogens with one attached hydrogen (secondary N) is 1. The minimum atomic E-state index is -1.69. The molecule has 65 heavy (non-hydrogen) atoms. The minimum absolute atomic E-state index is 0.00419. The number of nitrogens with two attached hydrogens (primary N) is 2. The van der Waals surface area contributed by atoms with Crippen molar-refractivity contribution in [3.8, 4) is 11.8 Å². The van der Waals surface area contributed by atoms with Crippen LogP contribution in [0.2, 0.25) is 0 Å². The number of rotatable bonds is 12. The summed E-state index contributed by atoms with van der Waals surface area (Å²) in [5.41, 5.74) is 7.35. The monoisotopic (exact) mass is 903 g/mol. The number of aliphatic hydroxyl groups excluding tert-OH is 3. The van der Waals surface area contributed by atoms with Gasteiger partial charge in [-0.1, -0.05) is 73.1 Å². The molecule has 5 aliphatic carbocycles. The molecule has 0 radical (unpaired) electrons. The van der Waals surface area contributed by atoms with Gasteiger partial charge in [-0.2, -0.15) is 0 Å². The number of aromatic amines is 1. The Kier molecular flexibility index (Phi) is 14.6. The van der Waals surface area contributed by atoms with Crippen LogP contribution < -0.4 is 11.5 Å². The van der Waals surface area contributed by atoms with Gasteiger partial charge < -0.3 is 46.7 Å². The van der Waals surface area contributed by atoms with Gasteiger partial charge in [0.05, 0.1) is 42.0 Å². The number of H-pyrrole nitrogens is 1. The first kappa shape index (κ1) is 49.7. The third-order valence-corrected chi connectivity index (χ3v) is 19.0. The minimum Gasteiger partial charge on any atom is -0.465 e. The lowest BCUT2D eigenvalue weighted by Crippen LogP contribution is -2.67. The van der Waals surface area contributed by atoms with Gasteiger partial charge in [0.1, 0.15) is 0 Å². The quantitative estimate of drug-likeness (QED) is 0.0372. The highest BCUT2D eigenvalue weighted by atomic mass is 16.5. The number of guanidine groups is 1. The second-order valence-corrected chi connectivity index (χ2v) is 22.9. The van der Waals surface area contributed by atoms with Crippen molar-refractivity contribution in [3.05, 3.63) is 35.7 Å². The second-order valence-electron chi connectivity index (χ2n) is 22.9. The number of aromatic nitrogens is 1. The van der Waals surface area contributed by atoms with Gasteiger partial charge in [0.2, 0.25) is 0 Å². The molecule has 12 heteroatoms. The third-order valence-electron chi connectivity index (χ3n) is 19.0. The summed E-state index contributed by atoms with van der Waals surface area (Å²) < 4.78 is 5.83. The molecule has 6 aliphatic rings.